The number of nitrogens with zero attached hydrogens (tertiary/aromatic N) is 1. The largest absolute Gasteiger partial charge is 0.370 e. The average Bonchev–Trinajstić information content (AvgIpc) is 3.07. The molecule has 1 amide bonds. The van der Waals surface area contributed by atoms with E-state index >= 15 is 0 Å². The maximum atomic E-state index is 12.3. The first-order valence-electron chi connectivity index (χ1n) is 7.23. The van der Waals surface area contributed by atoms with Gasteiger partial charge in [0.1, 0.15) is 6.10 Å². The Hall–Kier alpha value is -1.68. The lowest BCUT2D eigenvalue weighted by atomic mass is 9.96. The van der Waals surface area contributed by atoms with Gasteiger partial charge in [-0.15, -0.1) is 0 Å². The van der Waals surface area contributed by atoms with Crippen molar-refractivity contribution < 1.29 is 14.3 Å². The van der Waals surface area contributed by atoms with Crippen molar-refractivity contribution in [1.82, 2.24) is 0 Å². The average molecular weight is 273 g/mol. The van der Waals surface area contributed by atoms with Crippen LogP contribution in [0.1, 0.15) is 36.5 Å². The topological polar surface area (TPSA) is 46.6 Å². The minimum atomic E-state index is -0.311. The van der Waals surface area contributed by atoms with Crippen LogP contribution in [0.2, 0.25) is 0 Å². The zero-order valence-electron chi connectivity index (χ0n) is 11.7. The van der Waals surface area contributed by atoms with Gasteiger partial charge >= 0.3 is 0 Å². The SMILES string of the molecule is CC1CCOC1C(=O)c1ccc(N2CCCC2=O)cc1. The summed E-state index contributed by atoms with van der Waals surface area (Å²) in [6, 6.07) is 7.32. The van der Waals surface area contributed by atoms with Crippen molar-refractivity contribution in [1.29, 1.82) is 0 Å². The molecule has 4 heteroatoms. The molecule has 2 fully saturated rings. The second-order valence-electron chi connectivity index (χ2n) is 5.62. The summed E-state index contributed by atoms with van der Waals surface area (Å²) in [4.78, 5) is 25.8. The van der Waals surface area contributed by atoms with Crippen LogP contribution in [0.15, 0.2) is 24.3 Å². The number of Topliss-reactive ketones (excluding diaryl/α,β-unsaturated/α-hetero) is 1. The van der Waals surface area contributed by atoms with Crippen molar-refractivity contribution in [3.8, 4) is 0 Å². The van der Waals surface area contributed by atoms with Crippen molar-refractivity contribution in [3.63, 3.8) is 0 Å². The van der Waals surface area contributed by atoms with E-state index in [4.69, 9.17) is 4.74 Å². The summed E-state index contributed by atoms with van der Waals surface area (Å²) in [5.74, 6) is 0.494. The molecule has 2 heterocycles. The second kappa shape index (κ2) is 5.37. The monoisotopic (exact) mass is 273 g/mol. The van der Waals surface area contributed by atoms with Crippen LogP contribution in [0.25, 0.3) is 0 Å². The van der Waals surface area contributed by atoms with Crippen molar-refractivity contribution in [2.24, 2.45) is 5.92 Å². The highest BCUT2D eigenvalue weighted by atomic mass is 16.5. The molecule has 0 bridgehead atoms. The van der Waals surface area contributed by atoms with Crippen LogP contribution in [-0.2, 0) is 9.53 Å². The van der Waals surface area contributed by atoms with Gasteiger partial charge in [0, 0.05) is 30.8 Å². The number of hydrogen-bond donors (Lipinski definition) is 0. The number of carbonyl (C=O) groups excluding carboxylic acids is 2. The maximum absolute atomic E-state index is 12.3. The van der Waals surface area contributed by atoms with Crippen LogP contribution < -0.4 is 4.90 Å². The molecule has 106 valence electrons. The molecule has 0 saturated carbocycles. The van der Waals surface area contributed by atoms with Gasteiger partial charge in [-0.05, 0) is 43.0 Å². The Morgan fingerprint density at radius 2 is 2.05 bits per heavy atom. The van der Waals surface area contributed by atoms with E-state index in [1.54, 1.807) is 17.0 Å². The van der Waals surface area contributed by atoms with Gasteiger partial charge in [-0.1, -0.05) is 6.92 Å². The first-order chi connectivity index (χ1) is 9.66. The third-order valence-electron chi connectivity index (χ3n) is 4.18. The summed E-state index contributed by atoms with van der Waals surface area (Å²) in [7, 11) is 0. The van der Waals surface area contributed by atoms with Crippen LogP contribution in [-0.4, -0.2) is 30.9 Å². The maximum Gasteiger partial charge on any atom is 0.227 e. The molecule has 2 saturated heterocycles. The highest BCUT2D eigenvalue weighted by Gasteiger charge is 2.31. The lowest BCUT2D eigenvalue weighted by Gasteiger charge is -2.17. The van der Waals surface area contributed by atoms with E-state index in [1.807, 2.05) is 19.1 Å². The Balaban J connectivity index is 1.75. The third-order valence-corrected chi connectivity index (χ3v) is 4.18. The quantitative estimate of drug-likeness (QED) is 0.795. The number of ether oxygens (including phenoxy) is 1. The van der Waals surface area contributed by atoms with Gasteiger partial charge in [0.15, 0.2) is 5.78 Å². The van der Waals surface area contributed by atoms with E-state index in [1.165, 1.54) is 0 Å². The number of ketones is 1. The van der Waals surface area contributed by atoms with Crippen LogP contribution in [0, 0.1) is 5.92 Å². The zero-order chi connectivity index (χ0) is 14.1. The van der Waals surface area contributed by atoms with Gasteiger partial charge < -0.3 is 9.64 Å². The molecule has 2 unspecified atom stereocenters. The summed E-state index contributed by atoms with van der Waals surface area (Å²) in [6.45, 7) is 3.49. The molecule has 0 spiro atoms. The van der Waals surface area contributed by atoms with Crippen molar-refractivity contribution in [2.75, 3.05) is 18.1 Å². The molecule has 1 aromatic rings. The minimum absolute atomic E-state index is 0.0503. The molecule has 0 aliphatic carbocycles. The lowest BCUT2D eigenvalue weighted by molar-refractivity contribution is -0.117. The first kappa shape index (κ1) is 13.3. The van der Waals surface area contributed by atoms with Crippen molar-refractivity contribution in [2.45, 2.75) is 32.3 Å². The second-order valence-corrected chi connectivity index (χ2v) is 5.62. The fourth-order valence-electron chi connectivity index (χ4n) is 2.92. The van der Waals surface area contributed by atoms with Gasteiger partial charge in [0.25, 0.3) is 0 Å². The zero-order valence-corrected chi connectivity index (χ0v) is 11.7. The Morgan fingerprint density at radius 1 is 1.30 bits per heavy atom. The number of amides is 1. The molecule has 0 radical (unpaired) electrons. The summed E-state index contributed by atoms with van der Waals surface area (Å²) in [5, 5.41) is 0. The van der Waals surface area contributed by atoms with Gasteiger partial charge in [-0.3, -0.25) is 9.59 Å². The van der Waals surface area contributed by atoms with E-state index in [-0.39, 0.29) is 23.7 Å². The summed E-state index contributed by atoms with van der Waals surface area (Å²) in [6.07, 6.45) is 2.16. The molecule has 0 N–H and O–H groups in total. The van der Waals surface area contributed by atoms with Crippen molar-refractivity contribution >= 4 is 17.4 Å². The minimum Gasteiger partial charge on any atom is -0.370 e. The highest BCUT2D eigenvalue weighted by molar-refractivity contribution is 6.01. The van der Waals surface area contributed by atoms with Crippen LogP contribution in [0.4, 0.5) is 5.69 Å². The summed E-state index contributed by atoms with van der Waals surface area (Å²) >= 11 is 0. The molecule has 2 aliphatic rings. The van der Waals surface area contributed by atoms with Crippen LogP contribution in [0.5, 0.6) is 0 Å². The van der Waals surface area contributed by atoms with E-state index in [9.17, 15) is 9.59 Å². The number of hydrogen-bond acceptors (Lipinski definition) is 3. The smallest absolute Gasteiger partial charge is 0.227 e. The standard InChI is InChI=1S/C16H19NO3/c1-11-8-10-20-16(11)15(19)12-4-6-13(7-5-12)17-9-2-3-14(17)18/h4-7,11,16H,2-3,8-10H2,1H3. The van der Waals surface area contributed by atoms with E-state index in [2.05, 4.69) is 0 Å². The van der Waals surface area contributed by atoms with E-state index in [0.29, 0.717) is 18.6 Å². The summed E-state index contributed by atoms with van der Waals surface area (Å²) in [5.41, 5.74) is 1.54. The number of anilines is 1. The van der Waals surface area contributed by atoms with Gasteiger partial charge in [0.2, 0.25) is 5.91 Å². The lowest BCUT2D eigenvalue weighted by Crippen LogP contribution is -2.26. The van der Waals surface area contributed by atoms with E-state index < -0.39 is 0 Å². The molecule has 20 heavy (non-hydrogen) atoms. The highest BCUT2D eigenvalue weighted by Crippen LogP contribution is 2.26. The van der Waals surface area contributed by atoms with E-state index in [0.717, 1.165) is 25.1 Å². The molecule has 2 aliphatic heterocycles. The Kier molecular flexibility index (Phi) is 3.57. The Morgan fingerprint density at radius 3 is 2.60 bits per heavy atom. The molecular formula is C16H19NO3. The Labute approximate surface area is 118 Å². The normalized spacial score (nSPS) is 26.2. The van der Waals surface area contributed by atoms with Crippen molar-refractivity contribution in [3.05, 3.63) is 29.8 Å². The van der Waals surface area contributed by atoms with Gasteiger partial charge in [-0.25, -0.2) is 0 Å². The molecule has 1 aromatic carbocycles. The predicted octanol–water partition coefficient (Wildman–Crippen LogP) is 2.42. The molecule has 0 aromatic heterocycles. The Bertz CT molecular complexity index is 523. The fourth-order valence-corrected chi connectivity index (χ4v) is 2.92. The van der Waals surface area contributed by atoms with Crippen LogP contribution >= 0.6 is 0 Å². The van der Waals surface area contributed by atoms with Gasteiger partial charge in [-0.2, -0.15) is 0 Å². The van der Waals surface area contributed by atoms with Crippen LogP contribution in [0.3, 0.4) is 0 Å². The molecule has 2 atom stereocenters. The van der Waals surface area contributed by atoms with Gasteiger partial charge in [0.05, 0.1) is 0 Å². The molecule has 4 nitrogen and oxygen atoms in total. The first-order valence-corrected chi connectivity index (χ1v) is 7.23. The predicted molar refractivity (Wildman–Crippen MR) is 75.9 cm³/mol. The fraction of sp³-hybridized carbons (Fsp3) is 0.500. The number of carbonyl (C=O) groups is 2. The number of rotatable bonds is 3. The summed E-state index contributed by atoms with van der Waals surface area (Å²) < 4.78 is 5.51. The molecule has 3 rings (SSSR count). The third kappa shape index (κ3) is 2.36. The number of benzene rings is 1. The molecular weight excluding hydrogens is 254 g/mol.